The highest BCUT2D eigenvalue weighted by molar-refractivity contribution is 6.42. The molecule has 1 heterocycles. The minimum absolute atomic E-state index is 0.0360. The van der Waals surface area contributed by atoms with Crippen molar-refractivity contribution in [2.24, 2.45) is 0 Å². The number of hydrogen-bond donors (Lipinski definition) is 3. The van der Waals surface area contributed by atoms with Crippen molar-refractivity contribution in [1.29, 1.82) is 0 Å². The Morgan fingerprint density at radius 1 is 1.09 bits per heavy atom. The van der Waals surface area contributed by atoms with Crippen molar-refractivity contribution in [2.45, 2.75) is 38.4 Å². The number of carbonyl (C=O) groups is 1. The molecule has 1 aliphatic heterocycles. The summed E-state index contributed by atoms with van der Waals surface area (Å²) in [6.45, 7) is 4.02. The third-order valence-corrected chi connectivity index (χ3v) is 6.90. The zero-order valence-electron chi connectivity index (χ0n) is 19.6. The number of nitrogens with zero attached hydrogens (tertiary/aromatic N) is 1. The quantitative estimate of drug-likeness (QED) is 0.362. The SMILES string of the molecule is CC(OCc1ccc(Cl)c(Cl)c1)C(=O)C1C(NCc2ccccc2)NCCN1c1ccccc1N. The number of carbonyl (C=O) groups excluding carboxylic acids is 1. The van der Waals surface area contributed by atoms with Crippen molar-refractivity contribution in [3.8, 4) is 0 Å². The Bertz CT molecular complexity index is 1150. The summed E-state index contributed by atoms with van der Waals surface area (Å²) in [5, 5.41) is 7.95. The molecule has 3 atom stereocenters. The van der Waals surface area contributed by atoms with Gasteiger partial charge in [0.05, 0.1) is 34.2 Å². The molecule has 3 aromatic carbocycles. The number of halogens is 2. The van der Waals surface area contributed by atoms with E-state index in [1.54, 1.807) is 19.1 Å². The number of nitrogens with one attached hydrogen (secondary N) is 2. The molecule has 4 N–H and O–H groups in total. The molecule has 0 radical (unpaired) electrons. The number of piperazine rings is 1. The van der Waals surface area contributed by atoms with Crippen LogP contribution in [-0.4, -0.2) is 37.2 Å². The maximum atomic E-state index is 13.8. The van der Waals surface area contributed by atoms with E-state index in [1.165, 1.54) is 0 Å². The van der Waals surface area contributed by atoms with Crippen molar-refractivity contribution in [2.75, 3.05) is 23.7 Å². The normalized spacial score (nSPS) is 18.9. The van der Waals surface area contributed by atoms with Gasteiger partial charge in [-0.3, -0.25) is 15.4 Å². The summed E-state index contributed by atoms with van der Waals surface area (Å²) in [6, 6.07) is 22.6. The van der Waals surface area contributed by atoms with Gasteiger partial charge in [-0.05, 0) is 42.3 Å². The second-order valence-corrected chi connectivity index (χ2v) is 9.41. The third-order valence-electron chi connectivity index (χ3n) is 6.16. The highest BCUT2D eigenvalue weighted by Gasteiger charge is 2.39. The highest BCUT2D eigenvalue weighted by Crippen LogP contribution is 2.28. The predicted octanol–water partition coefficient (Wildman–Crippen LogP) is 4.64. The van der Waals surface area contributed by atoms with Crippen LogP contribution >= 0.6 is 23.2 Å². The van der Waals surface area contributed by atoms with E-state index in [4.69, 9.17) is 33.7 Å². The number of benzene rings is 3. The van der Waals surface area contributed by atoms with E-state index in [2.05, 4.69) is 27.7 Å². The summed E-state index contributed by atoms with van der Waals surface area (Å²) in [5.74, 6) is -0.0360. The van der Waals surface area contributed by atoms with Crippen LogP contribution in [0.1, 0.15) is 18.1 Å². The monoisotopic (exact) mass is 512 g/mol. The highest BCUT2D eigenvalue weighted by atomic mass is 35.5. The van der Waals surface area contributed by atoms with Crippen LogP contribution in [0.2, 0.25) is 10.0 Å². The number of Topliss-reactive ketones (excluding diaryl/α,β-unsaturated/α-hetero) is 1. The lowest BCUT2D eigenvalue weighted by Crippen LogP contribution is -2.67. The van der Waals surface area contributed by atoms with E-state index in [0.29, 0.717) is 35.4 Å². The van der Waals surface area contributed by atoms with Crippen LogP contribution in [0.4, 0.5) is 11.4 Å². The topological polar surface area (TPSA) is 79.6 Å². The molecule has 0 spiro atoms. The van der Waals surface area contributed by atoms with Crippen molar-refractivity contribution in [1.82, 2.24) is 10.6 Å². The minimum Gasteiger partial charge on any atom is -0.397 e. The molecule has 6 nitrogen and oxygen atoms in total. The lowest BCUT2D eigenvalue weighted by Gasteiger charge is -2.44. The fraction of sp³-hybridized carbons (Fsp3) is 0.296. The molecule has 0 aliphatic carbocycles. The van der Waals surface area contributed by atoms with E-state index in [9.17, 15) is 4.79 Å². The van der Waals surface area contributed by atoms with Gasteiger partial charge in [-0.2, -0.15) is 0 Å². The van der Waals surface area contributed by atoms with Crippen LogP contribution in [0, 0.1) is 0 Å². The van der Waals surface area contributed by atoms with E-state index in [1.807, 2.05) is 48.5 Å². The zero-order valence-corrected chi connectivity index (χ0v) is 21.1. The first-order valence-corrected chi connectivity index (χ1v) is 12.4. The van der Waals surface area contributed by atoms with Gasteiger partial charge in [-0.25, -0.2) is 0 Å². The molecule has 4 rings (SSSR count). The van der Waals surface area contributed by atoms with Gasteiger partial charge in [0.1, 0.15) is 12.1 Å². The Hall–Kier alpha value is -2.61. The smallest absolute Gasteiger partial charge is 0.186 e. The summed E-state index contributed by atoms with van der Waals surface area (Å²) < 4.78 is 6.00. The Morgan fingerprint density at radius 3 is 2.57 bits per heavy atom. The molecule has 0 saturated carbocycles. The van der Waals surface area contributed by atoms with Gasteiger partial charge in [-0.15, -0.1) is 0 Å². The molecule has 1 aliphatic rings. The molecule has 0 amide bonds. The van der Waals surface area contributed by atoms with E-state index >= 15 is 0 Å². The molecule has 3 unspecified atom stereocenters. The van der Waals surface area contributed by atoms with Gasteiger partial charge in [0.15, 0.2) is 5.78 Å². The summed E-state index contributed by atoms with van der Waals surface area (Å²) in [4.78, 5) is 15.9. The molecule has 0 bridgehead atoms. The molecule has 0 aromatic heterocycles. The first kappa shape index (κ1) is 25.5. The molecule has 1 saturated heterocycles. The summed E-state index contributed by atoms with van der Waals surface area (Å²) in [7, 11) is 0. The Kier molecular flexibility index (Phi) is 8.65. The van der Waals surface area contributed by atoms with Gasteiger partial charge in [0, 0.05) is 19.6 Å². The van der Waals surface area contributed by atoms with Crippen molar-refractivity contribution < 1.29 is 9.53 Å². The molecular formula is C27H30Cl2N4O2. The van der Waals surface area contributed by atoms with Crippen LogP contribution < -0.4 is 21.3 Å². The number of para-hydroxylation sites is 2. The average Bonchev–Trinajstić information content (AvgIpc) is 2.88. The lowest BCUT2D eigenvalue weighted by atomic mass is 9.99. The van der Waals surface area contributed by atoms with Gasteiger partial charge >= 0.3 is 0 Å². The van der Waals surface area contributed by atoms with Crippen molar-refractivity contribution in [3.05, 3.63) is 94.0 Å². The van der Waals surface area contributed by atoms with Crippen LogP contribution in [0.25, 0.3) is 0 Å². The number of nitrogens with two attached hydrogens (primary N) is 1. The van der Waals surface area contributed by atoms with E-state index in [0.717, 1.165) is 16.8 Å². The number of ketones is 1. The van der Waals surface area contributed by atoms with E-state index in [-0.39, 0.29) is 18.6 Å². The fourth-order valence-electron chi connectivity index (χ4n) is 4.29. The van der Waals surface area contributed by atoms with Crippen LogP contribution in [0.3, 0.4) is 0 Å². The maximum absolute atomic E-state index is 13.8. The van der Waals surface area contributed by atoms with Crippen LogP contribution in [-0.2, 0) is 22.7 Å². The summed E-state index contributed by atoms with van der Waals surface area (Å²) in [6.07, 6.45) is -0.935. The second-order valence-electron chi connectivity index (χ2n) is 8.60. The number of anilines is 2. The number of ether oxygens (including phenoxy) is 1. The number of rotatable bonds is 9. The van der Waals surface area contributed by atoms with Crippen LogP contribution in [0.5, 0.6) is 0 Å². The van der Waals surface area contributed by atoms with Crippen molar-refractivity contribution >= 4 is 40.4 Å². The van der Waals surface area contributed by atoms with Gasteiger partial charge in [-0.1, -0.05) is 71.7 Å². The first-order valence-electron chi connectivity index (χ1n) is 11.6. The number of nitrogen functional groups attached to an aromatic ring is 1. The molecule has 3 aromatic rings. The predicted molar refractivity (Wildman–Crippen MR) is 143 cm³/mol. The number of hydrogen-bond acceptors (Lipinski definition) is 6. The summed E-state index contributed by atoms with van der Waals surface area (Å²) >= 11 is 12.1. The maximum Gasteiger partial charge on any atom is 0.186 e. The van der Waals surface area contributed by atoms with E-state index < -0.39 is 12.1 Å². The molecule has 184 valence electrons. The molecular weight excluding hydrogens is 483 g/mol. The Labute approximate surface area is 216 Å². The van der Waals surface area contributed by atoms with Gasteiger partial charge in [0.2, 0.25) is 0 Å². The average molecular weight is 513 g/mol. The zero-order chi connectivity index (χ0) is 24.8. The van der Waals surface area contributed by atoms with Gasteiger partial charge < -0.3 is 15.4 Å². The van der Waals surface area contributed by atoms with Gasteiger partial charge in [0.25, 0.3) is 0 Å². The Morgan fingerprint density at radius 2 is 1.83 bits per heavy atom. The molecule has 8 heteroatoms. The first-order chi connectivity index (χ1) is 16.9. The fourth-order valence-corrected chi connectivity index (χ4v) is 4.61. The second kappa shape index (κ2) is 11.9. The molecule has 1 fully saturated rings. The van der Waals surface area contributed by atoms with Crippen LogP contribution in [0.15, 0.2) is 72.8 Å². The summed E-state index contributed by atoms with van der Waals surface area (Å²) in [5.41, 5.74) is 9.78. The van der Waals surface area contributed by atoms with Crippen molar-refractivity contribution in [3.63, 3.8) is 0 Å². The Balaban J connectivity index is 1.54. The standard InChI is InChI=1S/C27H30Cl2N4O2/c1-18(35-17-20-11-12-21(28)22(29)15-20)26(34)25-27(32-16-19-7-3-2-4-8-19)31-13-14-33(25)24-10-6-5-9-23(24)30/h2-12,15,18,25,27,31-32H,13-14,16-17,30H2,1H3. The minimum atomic E-state index is -0.650. The molecule has 35 heavy (non-hydrogen) atoms. The third kappa shape index (κ3) is 6.34. The largest absolute Gasteiger partial charge is 0.397 e. The lowest BCUT2D eigenvalue weighted by molar-refractivity contribution is -0.132.